The quantitative estimate of drug-likeness (QED) is 0.792. The Bertz CT molecular complexity index is 877. The highest BCUT2D eigenvalue weighted by molar-refractivity contribution is 7.89. The van der Waals surface area contributed by atoms with E-state index >= 15 is 0 Å². The second-order valence-corrected chi connectivity index (χ2v) is 8.27. The Morgan fingerprint density at radius 3 is 2.68 bits per heavy atom. The van der Waals surface area contributed by atoms with Gasteiger partial charge in [-0.25, -0.2) is 13.1 Å². The second-order valence-electron chi connectivity index (χ2n) is 5.96. The molecule has 2 aliphatic rings. The van der Waals surface area contributed by atoms with Crippen molar-refractivity contribution in [1.29, 1.82) is 0 Å². The standard InChI is InChI=1S/C15H18ClN5O3S/c16-12-10-17-3-2-13(12)19-5-7-20(8-6-19)25(22,23)14-11-18-21-4-1-9-24-15(14)21/h2-3,10-11H,1,4-9H2. The van der Waals surface area contributed by atoms with E-state index in [2.05, 4.69) is 15.0 Å². The molecule has 0 unspecified atom stereocenters. The van der Waals surface area contributed by atoms with Gasteiger partial charge in [-0.15, -0.1) is 0 Å². The van der Waals surface area contributed by atoms with Crippen molar-refractivity contribution < 1.29 is 13.2 Å². The first-order valence-electron chi connectivity index (χ1n) is 8.10. The molecule has 0 amide bonds. The highest BCUT2D eigenvalue weighted by Gasteiger charge is 2.34. The zero-order valence-electron chi connectivity index (χ0n) is 13.5. The Balaban J connectivity index is 1.52. The summed E-state index contributed by atoms with van der Waals surface area (Å²) in [5, 5.41) is 4.71. The van der Waals surface area contributed by atoms with E-state index in [9.17, 15) is 8.42 Å². The van der Waals surface area contributed by atoms with Crippen molar-refractivity contribution in [3.63, 3.8) is 0 Å². The average Bonchev–Trinajstić information content (AvgIpc) is 3.07. The Morgan fingerprint density at radius 2 is 1.92 bits per heavy atom. The number of hydrogen-bond acceptors (Lipinski definition) is 6. The highest BCUT2D eigenvalue weighted by atomic mass is 35.5. The van der Waals surface area contributed by atoms with E-state index in [0.29, 0.717) is 50.2 Å². The van der Waals surface area contributed by atoms with Gasteiger partial charge in [0, 0.05) is 51.5 Å². The molecule has 2 aliphatic heterocycles. The number of sulfonamides is 1. The highest BCUT2D eigenvalue weighted by Crippen LogP contribution is 2.31. The van der Waals surface area contributed by atoms with Gasteiger partial charge < -0.3 is 9.64 Å². The molecule has 1 saturated heterocycles. The summed E-state index contributed by atoms with van der Waals surface area (Å²) in [6.45, 7) is 3.08. The molecule has 0 spiro atoms. The predicted octanol–water partition coefficient (Wildman–Crippen LogP) is 1.22. The van der Waals surface area contributed by atoms with Gasteiger partial charge in [-0.3, -0.25) is 4.98 Å². The van der Waals surface area contributed by atoms with E-state index in [1.54, 1.807) is 17.1 Å². The zero-order valence-corrected chi connectivity index (χ0v) is 15.1. The molecule has 0 radical (unpaired) electrons. The predicted molar refractivity (Wildman–Crippen MR) is 92.6 cm³/mol. The lowest BCUT2D eigenvalue weighted by Gasteiger charge is -2.35. The Morgan fingerprint density at radius 1 is 1.12 bits per heavy atom. The fraction of sp³-hybridized carbons (Fsp3) is 0.467. The topological polar surface area (TPSA) is 80.6 Å². The third-order valence-electron chi connectivity index (χ3n) is 4.46. The zero-order chi connectivity index (χ0) is 17.4. The molecule has 0 N–H and O–H groups in total. The third-order valence-corrected chi connectivity index (χ3v) is 6.63. The summed E-state index contributed by atoms with van der Waals surface area (Å²) in [4.78, 5) is 6.21. The van der Waals surface area contributed by atoms with Gasteiger partial charge in [-0.1, -0.05) is 11.6 Å². The van der Waals surface area contributed by atoms with Crippen LogP contribution in [0.4, 0.5) is 5.69 Å². The molecule has 2 aromatic heterocycles. The van der Waals surface area contributed by atoms with Crippen LogP contribution in [0.3, 0.4) is 0 Å². The lowest BCUT2D eigenvalue weighted by Crippen LogP contribution is -2.48. The molecular formula is C15H18ClN5O3S. The molecular weight excluding hydrogens is 366 g/mol. The van der Waals surface area contributed by atoms with Crippen LogP contribution in [-0.2, 0) is 16.6 Å². The van der Waals surface area contributed by atoms with Crippen molar-refractivity contribution in [2.24, 2.45) is 0 Å². The van der Waals surface area contributed by atoms with Gasteiger partial charge >= 0.3 is 0 Å². The molecule has 1 fully saturated rings. The molecule has 10 heteroatoms. The van der Waals surface area contributed by atoms with Crippen molar-refractivity contribution in [2.75, 3.05) is 37.7 Å². The van der Waals surface area contributed by atoms with Crippen molar-refractivity contribution in [1.82, 2.24) is 19.1 Å². The minimum atomic E-state index is -3.62. The van der Waals surface area contributed by atoms with Crippen LogP contribution >= 0.6 is 11.6 Å². The average molecular weight is 384 g/mol. The number of fused-ring (bicyclic) bond motifs is 1. The summed E-state index contributed by atoms with van der Waals surface area (Å²) >= 11 is 6.18. The summed E-state index contributed by atoms with van der Waals surface area (Å²) < 4.78 is 34.6. The Labute approximate surface area is 151 Å². The fourth-order valence-electron chi connectivity index (χ4n) is 3.15. The Hall–Kier alpha value is -1.84. The number of hydrogen-bond donors (Lipinski definition) is 0. The number of piperazine rings is 1. The molecule has 4 heterocycles. The van der Waals surface area contributed by atoms with Crippen LogP contribution in [0.2, 0.25) is 5.02 Å². The van der Waals surface area contributed by atoms with Gasteiger partial charge in [-0.2, -0.15) is 9.40 Å². The van der Waals surface area contributed by atoms with Crippen molar-refractivity contribution >= 4 is 27.3 Å². The van der Waals surface area contributed by atoms with Crippen LogP contribution in [0, 0.1) is 0 Å². The molecule has 0 aliphatic carbocycles. The van der Waals surface area contributed by atoms with Crippen LogP contribution < -0.4 is 9.64 Å². The van der Waals surface area contributed by atoms with Gasteiger partial charge in [0.25, 0.3) is 0 Å². The maximum absolute atomic E-state index is 13.0. The summed E-state index contributed by atoms with van der Waals surface area (Å²) in [5.74, 6) is 0.353. The normalized spacial score (nSPS) is 18.7. The summed E-state index contributed by atoms with van der Waals surface area (Å²) in [5.41, 5.74) is 0.875. The summed E-state index contributed by atoms with van der Waals surface area (Å²) in [7, 11) is -3.62. The number of aryl methyl sites for hydroxylation is 1. The van der Waals surface area contributed by atoms with E-state index in [4.69, 9.17) is 16.3 Å². The number of pyridine rings is 1. The summed E-state index contributed by atoms with van der Waals surface area (Å²) in [6.07, 6.45) is 5.50. The number of ether oxygens (including phenoxy) is 1. The lowest BCUT2D eigenvalue weighted by atomic mass is 10.3. The molecule has 4 rings (SSSR count). The molecule has 2 aromatic rings. The van der Waals surface area contributed by atoms with Crippen LogP contribution in [-0.4, -0.2) is 60.3 Å². The van der Waals surface area contributed by atoms with Crippen LogP contribution in [0.25, 0.3) is 0 Å². The maximum atomic E-state index is 13.0. The number of nitrogens with zero attached hydrogens (tertiary/aromatic N) is 5. The first-order chi connectivity index (χ1) is 12.1. The molecule has 25 heavy (non-hydrogen) atoms. The molecule has 0 bridgehead atoms. The van der Waals surface area contributed by atoms with E-state index in [1.807, 2.05) is 6.07 Å². The number of aromatic nitrogens is 3. The monoisotopic (exact) mass is 383 g/mol. The van der Waals surface area contributed by atoms with Crippen molar-refractivity contribution in [2.45, 2.75) is 17.9 Å². The van der Waals surface area contributed by atoms with Gasteiger partial charge in [0.15, 0.2) is 4.90 Å². The van der Waals surface area contributed by atoms with E-state index in [0.717, 1.165) is 12.1 Å². The van der Waals surface area contributed by atoms with Crippen LogP contribution in [0.1, 0.15) is 6.42 Å². The minimum Gasteiger partial charge on any atom is -0.477 e. The van der Waals surface area contributed by atoms with Gasteiger partial charge in [-0.05, 0) is 6.07 Å². The van der Waals surface area contributed by atoms with Crippen molar-refractivity contribution in [3.05, 3.63) is 29.7 Å². The smallest absolute Gasteiger partial charge is 0.250 e. The number of rotatable bonds is 3. The minimum absolute atomic E-state index is 0.155. The van der Waals surface area contributed by atoms with E-state index in [1.165, 1.54) is 10.5 Å². The van der Waals surface area contributed by atoms with Gasteiger partial charge in [0.1, 0.15) is 0 Å². The van der Waals surface area contributed by atoms with E-state index < -0.39 is 10.0 Å². The van der Waals surface area contributed by atoms with Gasteiger partial charge in [0.05, 0.1) is 23.5 Å². The number of anilines is 1. The molecule has 8 nitrogen and oxygen atoms in total. The lowest BCUT2D eigenvalue weighted by molar-refractivity contribution is 0.223. The third kappa shape index (κ3) is 2.96. The maximum Gasteiger partial charge on any atom is 0.250 e. The van der Waals surface area contributed by atoms with Crippen molar-refractivity contribution in [3.8, 4) is 5.88 Å². The second kappa shape index (κ2) is 6.47. The molecule has 0 saturated carbocycles. The van der Waals surface area contributed by atoms with Crippen LogP contribution in [0.15, 0.2) is 29.6 Å². The Kier molecular flexibility index (Phi) is 4.30. The molecule has 0 atom stereocenters. The largest absolute Gasteiger partial charge is 0.477 e. The first-order valence-corrected chi connectivity index (χ1v) is 9.92. The molecule has 134 valence electrons. The summed E-state index contributed by atoms with van der Waals surface area (Å²) in [6, 6.07) is 1.84. The number of halogens is 1. The van der Waals surface area contributed by atoms with E-state index in [-0.39, 0.29) is 4.90 Å². The van der Waals surface area contributed by atoms with Gasteiger partial charge in [0.2, 0.25) is 15.9 Å². The van der Waals surface area contributed by atoms with Crippen LogP contribution in [0.5, 0.6) is 5.88 Å². The first kappa shape index (κ1) is 16.6. The fourth-order valence-corrected chi connectivity index (χ4v) is 4.88. The molecule has 0 aromatic carbocycles. The SMILES string of the molecule is O=S(=O)(c1cnn2c1OCCC2)N1CCN(c2ccncc2Cl)CC1.